The largest absolute Gasteiger partial charge is 0.333 e. The number of nitrogens with one attached hydrogen (secondary N) is 1. The van der Waals surface area contributed by atoms with Gasteiger partial charge in [0.1, 0.15) is 5.82 Å². The van der Waals surface area contributed by atoms with Crippen LogP contribution in [-0.2, 0) is 16.0 Å². The number of carbonyl (C=O) groups is 1. The van der Waals surface area contributed by atoms with Gasteiger partial charge in [-0.2, -0.15) is 0 Å². The van der Waals surface area contributed by atoms with Gasteiger partial charge in [0.05, 0.1) is 11.5 Å². The average molecular weight is 532 g/mol. The first kappa shape index (κ1) is 27.1. The second-order valence-corrected chi connectivity index (χ2v) is 13.3. The molecule has 3 N–H and O–H groups in total. The predicted molar refractivity (Wildman–Crippen MR) is 149 cm³/mol. The molecule has 6 rings (SSSR count). The minimum atomic E-state index is -1.03. The van der Waals surface area contributed by atoms with Crippen molar-refractivity contribution < 1.29 is 9.00 Å². The average Bonchev–Trinajstić information content (AvgIpc) is 3.56. The molecule has 0 bridgehead atoms. The Labute approximate surface area is 224 Å². The Morgan fingerprint density at radius 3 is 2.30 bits per heavy atom. The van der Waals surface area contributed by atoms with Gasteiger partial charge in [-0.3, -0.25) is 14.7 Å². The summed E-state index contributed by atoms with van der Waals surface area (Å²) < 4.78 is 17.4. The molecule has 0 aromatic heterocycles. The summed E-state index contributed by atoms with van der Waals surface area (Å²) in [5, 5.41) is 3.44. The number of nitrogens with two attached hydrogens (primary N) is 1. The molecule has 10 heteroatoms. The van der Waals surface area contributed by atoms with E-state index in [2.05, 4.69) is 38.3 Å². The van der Waals surface area contributed by atoms with E-state index in [1.807, 2.05) is 11.1 Å². The molecule has 9 nitrogen and oxygen atoms in total. The molecule has 5 fully saturated rings. The van der Waals surface area contributed by atoms with Crippen LogP contribution < -0.4 is 11.1 Å². The maximum absolute atomic E-state index is 13.5. The zero-order valence-electron chi connectivity index (χ0n) is 22.7. The highest BCUT2D eigenvalue weighted by atomic mass is 32.2. The van der Waals surface area contributed by atoms with E-state index in [1.165, 1.54) is 32.7 Å². The van der Waals surface area contributed by atoms with Crippen LogP contribution in [0.5, 0.6) is 0 Å². The molecule has 1 amide bonds. The van der Waals surface area contributed by atoms with Crippen LogP contribution in [0.25, 0.3) is 0 Å². The number of hydrogen-bond donors (Lipinski definition) is 2. The van der Waals surface area contributed by atoms with E-state index in [9.17, 15) is 9.00 Å². The molecule has 0 aromatic rings. The first-order chi connectivity index (χ1) is 18.0. The van der Waals surface area contributed by atoms with Crippen molar-refractivity contribution in [2.24, 2.45) is 32.5 Å². The van der Waals surface area contributed by atoms with Crippen LogP contribution in [0, 0.1) is 16.7 Å². The number of rotatable bonds is 6. The standard InChI is InChI=1S/C26H40N6O2S.CH5N/c1-19-4-3-5-22(19)32-23(27-2)21(26(8-9-26)24(32)33)16-29-20-6-14-30(15-7-20)35(34)31-17-25(18-31)10-12-28-13-11-25;1-2/h16,19-20,22,28H,2-15,17-18H2,1H3;2H2,1H3. The van der Waals surface area contributed by atoms with Gasteiger partial charge in [-0.25, -0.2) is 17.8 Å². The van der Waals surface area contributed by atoms with Gasteiger partial charge < -0.3 is 11.1 Å². The molecule has 206 valence electrons. The van der Waals surface area contributed by atoms with E-state index < -0.39 is 16.6 Å². The SMILES string of the molecule is C=NC1=C(C=NC2CCN(S(=O)N3CC4(CCNCC4)C3)CC2)C2(CC2)C(=O)N1C1CCCC1C.CN. The van der Waals surface area contributed by atoms with Crippen molar-refractivity contribution >= 4 is 30.0 Å². The normalized spacial score (nSPS) is 32.6. The van der Waals surface area contributed by atoms with Gasteiger partial charge in [0.25, 0.3) is 0 Å². The van der Waals surface area contributed by atoms with E-state index >= 15 is 0 Å². The molecule has 2 spiro atoms. The fraction of sp³-hybridized carbons (Fsp3) is 0.815. The summed E-state index contributed by atoms with van der Waals surface area (Å²) in [6.07, 6.45) is 11.4. The van der Waals surface area contributed by atoms with Crippen molar-refractivity contribution in [3.05, 3.63) is 11.4 Å². The summed E-state index contributed by atoms with van der Waals surface area (Å²) in [6, 6.07) is 0.453. The lowest BCUT2D eigenvalue weighted by Crippen LogP contribution is -2.62. The van der Waals surface area contributed by atoms with Crippen LogP contribution in [0.15, 0.2) is 21.4 Å². The van der Waals surface area contributed by atoms with Crippen molar-refractivity contribution in [1.82, 2.24) is 18.8 Å². The van der Waals surface area contributed by atoms with Crippen molar-refractivity contribution in [2.75, 3.05) is 46.3 Å². The van der Waals surface area contributed by atoms with Crippen molar-refractivity contribution in [1.29, 1.82) is 0 Å². The fourth-order valence-corrected chi connectivity index (χ4v) is 8.75. The highest BCUT2D eigenvalue weighted by Gasteiger charge is 2.62. The fourth-order valence-electron chi connectivity index (χ4n) is 7.13. The highest BCUT2D eigenvalue weighted by molar-refractivity contribution is 7.80. The van der Waals surface area contributed by atoms with Crippen LogP contribution >= 0.6 is 0 Å². The third-order valence-corrected chi connectivity index (χ3v) is 11.1. The van der Waals surface area contributed by atoms with Gasteiger partial charge in [-0.1, -0.05) is 13.3 Å². The van der Waals surface area contributed by atoms with Gasteiger partial charge in [0.15, 0.2) is 11.2 Å². The summed E-state index contributed by atoms with van der Waals surface area (Å²) >= 11 is -1.03. The molecule has 3 unspecified atom stereocenters. The van der Waals surface area contributed by atoms with Gasteiger partial charge in [0, 0.05) is 49.4 Å². The Bertz CT molecular complexity index is 956. The maximum atomic E-state index is 13.5. The quantitative estimate of drug-likeness (QED) is 0.512. The predicted octanol–water partition coefficient (Wildman–Crippen LogP) is 2.08. The van der Waals surface area contributed by atoms with Gasteiger partial charge in [0.2, 0.25) is 5.91 Å². The molecule has 3 saturated heterocycles. The number of piperidine rings is 2. The van der Waals surface area contributed by atoms with E-state index in [0.29, 0.717) is 11.3 Å². The topological polar surface area (TPSA) is 107 Å². The molecule has 37 heavy (non-hydrogen) atoms. The van der Waals surface area contributed by atoms with E-state index in [1.54, 1.807) is 0 Å². The van der Waals surface area contributed by atoms with E-state index in [4.69, 9.17) is 4.99 Å². The van der Waals surface area contributed by atoms with Gasteiger partial charge >= 0.3 is 0 Å². The van der Waals surface area contributed by atoms with E-state index in [-0.39, 0.29) is 18.0 Å². The van der Waals surface area contributed by atoms with Crippen LogP contribution in [0.3, 0.4) is 0 Å². The van der Waals surface area contributed by atoms with Crippen LogP contribution in [0.2, 0.25) is 0 Å². The van der Waals surface area contributed by atoms with Crippen molar-refractivity contribution in [2.45, 2.75) is 76.8 Å². The third kappa shape index (κ3) is 4.88. The molecule has 3 atom stereocenters. The number of nitrogens with zero attached hydrogens (tertiary/aromatic N) is 5. The van der Waals surface area contributed by atoms with E-state index in [0.717, 1.165) is 82.8 Å². The minimum absolute atomic E-state index is 0.208. The van der Waals surface area contributed by atoms with Gasteiger partial charge in [-0.15, -0.1) is 0 Å². The Morgan fingerprint density at radius 2 is 1.73 bits per heavy atom. The molecular formula is C27H45N7O2S. The molecule has 6 aliphatic rings. The lowest BCUT2D eigenvalue weighted by molar-refractivity contribution is -0.134. The third-order valence-electron chi connectivity index (χ3n) is 9.63. The number of hydrogen-bond acceptors (Lipinski definition) is 6. The summed E-state index contributed by atoms with van der Waals surface area (Å²) in [7, 11) is 1.50. The second-order valence-electron chi connectivity index (χ2n) is 11.8. The lowest BCUT2D eigenvalue weighted by Gasteiger charge is -2.52. The zero-order valence-corrected chi connectivity index (χ0v) is 23.5. The number of amides is 1. The Morgan fingerprint density at radius 1 is 1.05 bits per heavy atom. The number of carbonyl (C=O) groups excluding carboxylic acids is 1. The van der Waals surface area contributed by atoms with Crippen LogP contribution in [0.1, 0.15) is 64.7 Å². The first-order valence-electron chi connectivity index (χ1n) is 14.3. The zero-order chi connectivity index (χ0) is 26.2. The summed E-state index contributed by atoms with van der Waals surface area (Å²) in [5.74, 6) is 1.49. The number of aliphatic imine (C=N–C) groups is 2. The monoisotopic (exact) mass is 531 g/mol. The molecule has 0 radical (unpaired) electrons. The van der Waals surface area contributed by atoms with Crippen LogP contribution in [-0.4, -0.2) is 95.0 Å². The highest BCUT2D eigenvalue weighted by Crippen LogP contribution is 2.59. The summed E-state index contributed by atoms with van der Waals surface area (Å²) in [5.41, 5.74) is 5.50. The Kier molecular flexibility index (Phi) is 8.03. The van der Waals surface area contributed by atoms with Crippen LogP contribution in [0.4, 0.5) is 0 Å². The van der Waals surface area contributed by atoms with Crippen molar-refractivity contribution in [3.8, 4) is 0 Å². The first-order valence-corrected chi connectivity index (χ1v) is 15.3. The Hall–Kier alpha value is -1.46. The summed E-state index contributed by atoms with van der Waals surface area (Å²) in [4.78, 5) is 24.8. The van der Waals surface area contributed by atoms with Gasteiger partial charge in [-0.05, 0) is 84.1 Å². The smallest absolute Gasteiger partial charge is 0.239 e. The molecule has 4 aliphatic heterocycles. The summed E-state index contributed by atoms with van der Waals surface area (Å²) in [6.45, 7) is 11.8. The molecule has 2 saturated carbocycles. The Balaban J connectivity index is 0.00000137. The molecule has 2 aliphatic carbocycles. The lowest BCUT2D eigenvalue weighted by atomic mass is 9.74. The minimum Gasteiger partial charge on any atom is -0.333 e. The second kappa shape index (κ2) is 11.0. The maximum Gasteiger partial charge on any atom is 0.239 e. The molecular weight excluding hydrogens is 486 g/mol. The van der Waals surface area contributed by atoms with Crippen molar-refractivity contribution in [3.63, 3.8) is 0 Å². The molecule has 4 heterocycles. The molecule has 0 aromatic carbocycles.